The zero-order chi connectivity index (χ0) is 15.4. The quantitative estimate of drug-likeness (QED) is 0.793. The van der Waals surface area contributed by atoms with Gasteiger partial charge < -0.3 is 5.73 Å². The van der Waals surface area contributed by atoms with Crippen molar-refractivity contribution >= 4 is 15.7 Å². The van der Waals surface area contributed by atoms with Crippen LogP contribution in [-0.2, 0) is 21.9 Å². The van der Waals surface area contributed by atoms with Gasteiger partial charge in [-0.2, -0.15) is 0 Å². The fourth-order valence-electron chi connectivity index (χ4n) is 2.02. The monoisotopic (exact) mass is 298 g/mol. The predicted molar refractivity (Wildman–Crippen MR) is 85.6 cm³/mol. The Hall–Kier alpha value is -1.07. The molecule has 0 bridgehead atoms. The molecule has 0 aromatic heterocycles. The third-order valence-electron chi connectivity index (χ3n) is 3.08. The van der Waals surface area contributed by atoms with Crippen molar-refractivity contribution in [3.63, 3.8) is 0 Å². The first-order chi connectivity index (χ1) is 9.12. The Morgan fingerprint density at radius 1 is 1.15 bits per heavy atom. The van der Waals surface area contributed by atoms with Crippen LogP contribution in [0.15, 0.2) is 18.2 Å². The summed E-state index contributed by atoms with van der Waals surface area (Å²) in [4.78, 5) is 0. The van der Waals surface area contributed by atoms with Crippen LogP contribution >= 0.6 is 0 Å². The maximum absolute atomic E-state index is 11.4. The van der Waals surface area contributed by atoms with Crippen molar-refractivity contribution in [1.82, 2.24) is 0 Å². The molecule has 20 heavy (non-hydrogen) atoms. The lowest BCUT2D eigenvalue weighted by Crippen LogP contribution is -2.14. The fourth-order valence-corrected chi connectivity index (χ4v) is 2.56. The van der Waals surface area contributed by atoms with Gasteiger partial charge in [-0.3, -0.25) is 4.72 Å². The summed E-state index contributed by atoms with van der Waals surface area (Å²) in [7, 11) is -3.25. The molecular weight excluding hydrogens is 272 g/mol. The van der Waals surface area contributed by atoms with E-state index in [0.717, 1.165) is 30.4 Å². The molecule has 0 heterocycles. The van der Waals surface area contributed by atoms with Crippen molar-refractivity contribution in [3.05, 3.63) is 29.3 Å². The van der Waals surface area contributed by atoms with Gasteiger partial charge in [-0.15, -0.1) is 0 Å². The lowest BCUT2D eigenvalue weighted by atomic mass is 9.85. The van der Waals surface area contributed by atoms with Gasteiger partial charge in [-0.05, 0) is 54.5 Å². The smallest absolute Gasteiger partial charge is 0.229 e. The van der Waals surface area contributed by atoms with Crippen molar-refractivity contribution in [3.8, 4) is 0 Å². The van der Waals surface area contributed by atoms with E-state index in [-0.39, 0.29) is 5.41 Å². The summed E-state index contributed by atoms with van der Waals surface area (Å²) in [6, 6.07) is 5.98. The van der Waals surface area contributed by atoms with Crippen LogP contribution in [0.25, 0.3) is 0 Å². The molecule has 1 aromatic carbocycles. The first kappa shape index (κ1) is 17.0. The first-order valence-electron chi connectivity index (χ1n) is 6.94. The Balaban J connectivity index is 3.08. The maximum Gasteiger partial charge on any atom is 0.229 e. The second kappa shape index (κ2) is 6.59. The van der Waals surface area contributed by atoms with Crippen LogP contribution in [0.2, 0.25) is 0 Å². The van der Waals surface area contributed by atoms with Crippen LogP contribution in [0.5, 0.6) is 0 Å². The zero-order valence-corrected chi connectivity index (χ0v) is 13.7. The Labute approximate surface area is 122 Å². The van der Waals surface area contributed by atoms with Gasteiger partial charge in [0.2, 0.25) is 10.0 Å². The molecule has 0 saturated carbocycles. The number of nitrogens with one attached hydrogen (secondary N) is 1. The van der Waals surface area contributed by atoms with E-state index >= 15 is 0 Å². The van der Waals surface area contributed by atoms with E-state index in [1.54, 1.807) is 0 Å². The van der Waals surface area contributed by atoms with Crippen molar-refractivity contribution in [2.45, 2.75) is 45.4 Å². The molecule has 0 saturated heterocycles. The number of aryl methyl sites for hydroxylation is 1. The van der Waals surface area contributed by atoms with Gasteiger partial charge >= 0.3 is 0 Å². The van der Waals surface area contributed by atoms with E-state index in [1.807, 2.05) is 12.1 Å². The molecule has 0 radical (unpaired) electrons. The van der Waals surface area contributed by atoms with E-state index in [1.165, 1.54) is 6.26 Å². The molecule has 0 atom stereocenters. The summed E-state index contributed by atoms with van der Waals surface area (Å²) < 4.78 is 25.4. The number of benzene rings is 1. The number of hydrogen-bond acceptors (Lipinski definition) is 3. The molecule has 0 fully saturated rings. The number of unbranched alkanes of at least 4 members (excludes halogenated alkanes) is 1. The summed E-state index contributed by atoms with van der Waals surface area (Å²) in [5.41, 5.74) is 8.42. The summed E-state index contributed by atoms with van der Waals surface area (Å²) in [5, 5.41) is 0. The van der Waals surface area contributed by atoms with Gasteiger partial charge in [-0.1, -0.05) is 26.8 Å². The van der Waals surface area contributed by atoms with Crippen LogP contribution < -0.4 is 10.5 Å². The Morgan fingerprint density at radius 2 is 1.80 bits per heavy atom. The largest absolute Gasteiger partial charge is 0.330 e. The number of anilines is 1. The summed E-state index contributed by atoms with van der Waals surface area (Å²) >= 11 is 0. The van der Waals surface area contributed by atoms with Crippen LogP contribution in [-0.4, -0.2) is 21.2 Å². The van der Waals surface area contributed by atoms with Crippen LogP contribution in [0.3, 0.4) is 0 Å². The highest BCUT2D eigenvalue weighted by molar-refractivity contribution is 7.92. The topological polar surface area (TPSA) is 72.2 Å². The lowest BCUT2D eigenvalue weighted by molar-refractivity contribution is 0.588. The third-order valence-corrected chi connectivity index (χ3v) is 3.69. The van der Waals surface area contributed by atoms with E-state index in [0.29, 0.717) is 12.2 Å². The van der Waals surface area contributed by atoms with Crippen molar-refractivity contribution in [2.24, 2.45) is 5.73 Å². The molecule has 5 heteroatoms. The zero-order valence-electron chi connectivity index (χ0n) is 12.9. The molecule has 4 nitrogen and oxygen atoms in total. The number of hydrogen-bond donors (Lipinski definition) is 2. The molecule has 1 aromatic rings. The highest BCUT2D eigenvalue weighted by Gasteiger charge is 2.16. The molecule has 0 spiro atoms. The normalized spacial score (nSPS) is 12.4. The SMILES string of the molecule is CC(C)(C)c1cc(CCCCN)cc(NS(C)(=O)=O)c1. The molecule has 0 amide bonds. The Morgan fingerprint density at radius 3 is 2.30 bits per heavy atom. The Kier molecular flexibility index (Phi) is 5.59. The van der Waals surface area contributed by atoms with Crippen molar-refractivity contribution in [1.29, 1.82) is 0 Å². The molecule has 0 unspecified atom stereocenters. The van der Waals surface area contributed by atoms with E-state index < -0.39 is 10.0 Å². The maximum atomic E-state index is 11.4. The van der Waals surface area contributed by atoms with Crippen molar-refractivity contribution < 1.29 is 8.42 Å². The standard InChI is InChI=1S/C15H26N2O2S/c1-15(2,3)13-9-12(7-5-6-8-16)10-14(11-13)17-20(4,18)19/h9-11,17H,5-8,16H2,1-4H3. The van der Waals surface area contributed by atoms with Crippen LogP contribution in [0.4, 0.5) is 5.69 Å². The molecule has 114 valence electrons. The minimum absolute atomic E-state index is 0.0161. The molecular formula is C15H26N2O2S. The molecule has 3 N–H and O–H groups in total. The van der Waals surface area contributed by atoms with E-state index in [4.69, 9.17) is 5.73 Å². The average molecular weight is 298 g/mol. The minimum atomic E-state index is -3.25. The van der Waals surface area contributed by atoms with Gasteiger partial charge in [0.15, 0.2) is 0 Å². The molecule has 0 aliphatic heterocycles. The second-order valence-electron chi connectivity index (χ2n) is 6.29. The van der Waals surface area contributed by atoms with E-state index in [2.05, 4.69) is 31.6 Å². The average Bonchev–Trinajstić information content (AvgIpc) is 2.25. The fraction of sp³-hybridized carbons (Fsp3) is 0.600. The predicted octanol–water partition coefficient (Wildman–Crippen LogP) is 2.64. The number of sulfonamides is 1. The summed E-state index contributed by atoms with van der Waals surface area (Å²) in [6.07, 6.45) is 4.08. The van der Waals surface area contributed by atoms with Crippen molar-refractivity contribution in [2.75, 3.05) is 17.5 Å². The second-order valence-corrected chi connectivity index (χ2v) is 8.04. The Bertz CT molecular complexity index is 545. The lowest BCUT2D eigenvalue weighted by Gasteiger charge is -2.21. The molecule has 0 aliphatic carbocycles. The highest BCUT2D eigenvalue weighted by Crippen LogP contribution is 2.27. The van der Waals surface area contributed by atoms with Gasteiger partial charge in [-0.25, -0.2) is 8.42 Å². The highest BCUT2D eigenvalue weighted by atomic mass is 32.2. The molecule has 0 aliphatic rings. The van der Waals surface area contributed by atoms with Gasteiger partial charge in [0.25, 0.3) is 0 Å². The van der Waals surface area contributed by atoms with Gasteiger partial charge in [0.1, 0.15) is 0 Å². The van der Waals surface area contributed by atoms with Crippen LogP contribution in [0, 0.1) is 0 Å². The number of rotatable bonds is 6. The van der Waals surface area contributed by atoms with Gasteiger partial charge in [0.05, 0.1) is 6.26 Å². The summed E-state index contributed by atoms with van der Waals surface area (Å²) in [5.74, 6) is 0. The summed E-state index contributed by atoms with van der Waals surface area (Å²) in [6.45, 7) is 7.05. The number of nitrogens with two attached hydrogens (primary N) is 1. The van der Waals surface area contributed by atoms with Gasteiger partial charge in [0, 0.05) is 5.69 Å². The molecule has 1 rings (SSSR count). The first-order valence-corrected chi connectivity index (χ1v) is 8.83. The van der Waals surface area contributed by atoms with E-state index in [9.17, 15) is 8.42 Å². The van der Waals surface area contributed by atoms with Crippen LogP contribution in [0.1, 0.15) is 44.7 Å². The third kappa shape index (κ3) is 5.92. The minimum Gasteiger partial charge on any atom is -0.330 e.